The molecule has 0 aliphatic carbocycles. The van der Waals surface area contributed by atoms with Gasteiger partial charge in [0.2, 0.25) is 0 Å². The van der Waals surface area contributed by atoms with Gasteiger partial charge in [0.1, 0.15) is 0 Å². The van der Waals surface area contributed by atoms with Crippen LogP contribution in [0.3, 0.4) is 0 Å². The van der Waals surface area contributed by atoms with Crippen LogP contribution >= 0.6 is 0 Å². The third-order valence-electron chi connectivity index (χ3n) is 2.44. The number of ether oxygens (including phenoxy) is 1. The fraction of sp³-hybridized carbons (Fsp3) is 0.700. The van der Waals surface area contributed by atoms with Gasteiger partial charge in [0.05, 0.1) is 12.1 Å². The number of esters is 1. The molecule has 0 amide bonds. The molecule has 0 saturated heterocycles. The molecule has 5 nitrogen and oxygen atoms in total. The standard InChI is InChI=1S/C10H20O5Si/c1-6-9(8-15-10(11)7-2)16(12-3,13-4)14-5/h7,9H,2,6,8H2,1,3-5H3. The number of hydrogen-bond acceptors (Lipinski definition) is 5. The molecular weight excluding hydrogens is 228 g/mol. The smallest absolute Gasteiger partial charge is 0.462 e. The van der Waals surface area contributed by atoms with Crippen LogP contribution in [0.5, 0.6) is 0 Å². The van der Waals surface area contributed by atoms with Crippen LogP contribution in [0.4, 0.5) is 0 Å². The number of rotatable bonds is 8. The zero-order chi connectivity index (χ0) is 12.6. The molecule has 0 spiro atoms. The van der Waals surface area contributed by atoms with Crippen molar-refractivity contribution < 1.29 is 22.8 Å². The minimum absolute atomic E-state index is 0.0728. The Hall–Kier alpha value is -0.693. The SMILES string of the molecule is C=CC(=O)OCC(CC)[Si](OC)(OC)OC. The Morgan fingerprint density at radius 3 is 2.12 bits per heavy atom. The average Bonchev–Trinajstić information content (AvgIpc) is 2.34. The molecule has 0 bridgehead atoms. The van der Waals surface area contributed by atoms with Gasteiger partial charge in [0.15, 0.2) is 0 Å². The van der Waals surface area contributed by atoms with Crippen LogP contribution < -0.4 is 0 Å². The van der Waals surface area contributed by atoms with Crippen molar-refractivity contribution in [3.8, 4) is 0 Å². The fourth-order valence-electron chi connectivity index (χ4n) is 1.46. The monoisotopic (exact) mass is 248 g/mol. The molecule has 0 saturated carbocycles. The Bertz CT molecular complexity index is 219. The molecular formula is C10H20O5Si. The highest BCUT2D eigenvalue weighted by molar-refractivity contribution is 6.62. The lowest BCUT2D eigenvalue weighted by atomic mass is 10.3. The summed E-state index contributed by atoms with van der Waals surface area (Å²) < 4.78 is 21.0. The van der Waals surface area contributed by atoms with Crippen LogP contribution in [0.25, 0.3) is 0 Å². The number of hydrogen-bond donors (Lipinski definition) is 0. The molecule has 0 aliphatic rings. The van der Waals surface area contributed by atoms with Crippen molar-refractivity contribution in [1.82, 2.24) is 0 Å². The molecule has 1 atom stereocenters. The van der Waals surface area contributed by atoms with E-state index in [1.165, 1.54) is 21.3 Å². The highest BCUT2D eigenvalue weighted by atomic mass is 28.4. The van der Waals surface area contributed by atoms with E-state index in [2.05, 4.69) is 6.58 Å². The lowest BCUT2D eigenvalue weighted by Crippen LogP contribution is -2.49. The van der Waals surface area contributed by atoms with Crippen LogP contribution in [0, 0.1) is 0 Å². The molecule has 6 heteroatoms. The second kappa shape index (κ2) is 7.56. The van der Waals surface area contributed by atoms with Crippen LogP contribution in [0.15, 0.2) is 12.7 Å². The molecule has 0 fully saturated rings. The predicted molar refractivity (Wildman–Crippen MR) is 62.0 cm³/mol. The first-order valence-electron chi connectivity index (χ1n) is 5.04. The first-order chi connectivity index (χ1) is 7.60. The minimum atomic E-state index is -2.74. The maximum absolute atomic E-state index is 11.0. The Morgan fingerprint density at radius 1 is 1.31 bits per heavy atom. The molecule has 0 radical (unpaired) electrons. The third kappa shape index (κ3) is 3.71. The second-order valence-electron chi connectivity index (χ2n) is 3.16. The molecule has 0 aromatic heterocycles. The van der Waals surface area contributed by atoms with E-state index in [0.29, 0.717) is 0 Å². The van der Waals surface area contributed by atoms with Gasteiger partial charge in [-0.05, 0) is 6.42 Å². The summed E-state index contributed by atoms with van der Waals surface area (Å²) in [4.78, 5) is 11.0. The van der Waals surface area contributed by atoms with Crippen molar-refractivity contribution in [3.63, 3.8) is 0 Å². The number of carbonyl (C=O) groups excluding carboxylic acids is 1. The van der Waals surface area contributed by atoms with Crippen LogP contribution in [0.2, 0.25) is 5.54 Å². The first-order valence-corrected chi connectivity index (χ1v) is 6.85. The van der Waals surface area contributed by atoms with E-state index in [1.807, 2.05) is 6.92 Å². The average molecular weight is 248 g/mol. The molecule has 0 heterocycles. The summed E-state index contributed by atoms with van der Waals surface area (Å²) in [6, 6.07) is 0. The summed E-state index contributed by atoms with van der Waals surface area (Å²) in [5, 5.41) is 0. The van der Waals surface area contributed by atoms with E-state index < -0.39 is 14.8 Å². The first kappa shape index (κ1) is 15.3. The zero-order valence-electron chi connectivity index (χ0n) is 10.3. The summed E-state index contributed by atoms with van der Waals surface area (Å²) in [6.45, 7) is 5.51. The molecule has 16 heavy (non-hydrogen) atoms. The largest absolute Gasteiger partial charge is 0.506 e. The highest BCUT2D eigenvalue weighted by Crippen LogP contribution is 2.27. The normalized spacial score (nSPS) is 13.2. The molecule has 94 valence electrons. The Morgan fingerprint density at radius 2 is 1.81 bits per heavy atom. The van der Waals surface area contributed by atoms with E-state index in [9.17, 15) is 4.79 Å². The van der Waals surface area contributed by atoms with Crippen molar-refractivity contribution >= 4 is 14.8 Å². The molecule has 1 unspecified atom stereocenters. The summed E-state index contributed by atoms with van der Waals surface area (Å²) in [5.74, 6) is -0.454. The van der Waals surface area contributed by atoms with Crippen molar-refractivity contribution in [2.75, 3.05) is 27.9 Å². The van der Waals surface area contributed by atoms with Gasteiger partial charge in [0.25, 0.3) is 0 Å². The maximum atomic E-state index is 11.0. The van der Waals surface area contributed by atoms with Gasteiger partial charge in [-0.25, -0.2) is 4.79 Å². The van der Waals surface area contributed by atoms with Gasteiger partial charge in [-0.3, -0.25) is 0 Å². The van der Waals surface area contributed by atoms with Gasteiger partial charge in [-0.1, -0.05) is 13.5 Å². The lowest BCUT2D eigenvalue weighted by molar-refractivity contribution is -0.138. The van der Waals surface area contributed by atoms with Crippen LogP contribution in [-0.4, -0.2) is 42.7 Å². The van der Waals surface area contributed by atoms with Crippen LogP contribution in [0.1, 0.15) is 13.3 Å². The van der Waals surface area contributed by atoms with Crippen molar-refractivity contribution in [2.45, 2.75) is 18.9 Å². The number of carbonyl (C=O) groups is 1. The van der Waals surface area contributed by atoms with E-state index in [1.54, 1.807) is 0 Å². The molecule has 0 rings (SSSR count). The summed E-state index contributed by atoms with van der Waals surface area (Å²) >= 11 is 0. The summed E-state index contributed by atoms with van der Waals surface area (Å²) in [5.41, 5.74) is -0.0728. The Balaban J connectivity index is 4.55. The molecule has 0 aromatic carbocycles. The van der Waals surface area contributed by atoms with Gasteiger partial charge in [-0.2, -0.15) is 0 Å². The Labute approximate surface area is 97.7 Å². The maximum Gasteiger partial charge on any atom is 0.506 e. The predicted octanol–water partition coefficient (Wildman–Crippen LogP) is 1.37. The summed E-state index contributed by atoms with van der Waals surface area (Å²) in [6.07, 6.45) is 1.87. The quantitative estimate of drug-likeness (QED) is 0.369. The van der Waals surface area contributed by atoms with Gasteiger partial charge in [-0.15, -0.1) is 0 Å². The third-order valence-corrected chi connectivity index (χ3v) is 5.72. The molecule has 0 aromatic rings. The minimum Gasteiger partial charge on any atom is -0.462 e. The van der Waals surface area contributed by atoms with Crippen molar-refractivity contribution in [2.24, 2.45) is 0 Å². The van der Waals surface area contributed by atoms with Crippen LogP contribution in [-0.2, 0) is 22.8 Å². The van der Waals surface area contributed by atoms with E-state index in [4.69, 9.17) is 18.0 Å². The highest BCUT2D eigenvalue weighted by Gasteiger charge is 2.46. The zero-order valence-corrected chi connectivity index (χ0v) is 11.3. The van der Waals surface area contributed by atoms with Crippen molar-refractivity contribution in [1.29, 1.82) is 0 Å². The van der Waals surface area contributed by atoms with Gasteiger partial charge >= 0.3 is 14.8 Å². The fourth-order valence-corrected chi connectivity index (χ4v) is 3.75. The summed E-state index contributed by atoms with van der Waals surface area (Å²) in [7, 11) is 1.88. The van der Waals surface area contributed by atoms with Gasteiger partial charge < -0.3 is 18.0 Å². The van der Waals surface area contributed by atoms with E-state index in [0.717, 1.165) is 12.5 Å². The Kier molecular flexibility index (Phi) is 7.23. The topological polar surface area (TPSA) is 54.0 Å². The van der Waals surface area contributed by atoms with E-state index in [-0.39, 0.29) is 12.1 Å². The molecule has 0 N–H and O–H groups in total. The van der Waals surface area contributed by atoms with Gasteiger partial charge in [0, 0.05) is 27.4 Å². The van der Waals surface area contributed by atoms with E-state index >= 15 is 0 Å². The lowest BCUT2D eigenvalue weighted by Gasteiger charge is -2.31. The molecule has 0 aliphatic heterocycles. The van der Waals surface area contributed by atoms with Crippen molar-refractivity contribution in [3.05, 3.63) is 12.7 Å². The second-order valence-corrected chi connectivity index (χ2v) is 6.40.